The van der Waals surface area contributed by atoms with Crippen molar-refractivity contribution in [2.24, 2.45) is 0 Å². The Balaban J connectivity index is 1.93. The van der Waals surface area contributed by atoms with Crippen molar-refractivity contribution in [3.05, 3.63) is 57.0 Å². The minimum Gasteiger partial charge on any atom is -0.497 e. The number of benzene rings is 2. The number of carbonyl (C=O) groups is 1. The Morgan fingerprint density at radius 2 is 1.71 bits per heavy atom. The summed E-state index contributed by atoms with van der Waals surface area (Å²) in [5, 5.41) is 3.72. The highest BCUT2D eigenvalue weighted by atomic mass is 35.5. The van der Waals surface area contributed by atoms with Crippen LogP contribution in [0.3, 0.4) is 0 Å². The van der Waals surface area contributed by atoms with Crippen LogP contribution in [0, 0.1) is 0 Å². The third-order valence-corrected chi connectivity index (χ3v) is 4.29. The van der Waals surface area contributed by atoms with Crippen molar-refractivity contribution in [1.29, 1.82) is 0 Å². The van der Waals surface area contributed by atoms with Crippen molar-refractivity contribution < 1.29 is 14.3 Å². The number of amides is 1. The lowest BCUT2D eigenvalue weighted by Gasteiger charge is -2.16. The van der Waals surface area contributed by atoms with Gasteiger partial charge in [-0.2, -0.15) is 0 Å². The van der Waals surface area contributed by atoms with Crippen molar-refractivity contribution in [2.75, 3.05) is 7.11 Å². The second-order valence-corrected chi connectivity index (χ2v) is 6.24. The maximum Gasteiger partial charge on any atom is 0.261 e. The molecule has 0 bridgehead atoms. The van der Waals surface area contributed by atoms with Crippen LogP contribution in [0.5, 0.6) is 11.5 Å². The molecular weight excluding hydrogens is 373 g/mol. The van der Waals surface area contributed by atoms with Gasteiger partial charge in [-0.05, 0) is 30.7 Å². The average molecular weight is 389 g/mol. The summed E-state index contributed by atoms with van der Waals surface area (Å²) >= 11 is 17.8. The summed E-state index contributed by atoms with van der Waals surface area (Å²) in [6.07, 6.45) is -0.738. The lowest BCUT2D eigenvalue weighted by Crippen LogP contribution is -2.35. The Kier molecular flexibility index (Phi) is 6.60. The van der Waals surface area contributed by atoms with Gasteiger partial charge in [0.25, 0.3) is 5.91 Å². The van der Waals surface area contributed by atoms with Crippen LogP contribution in [0.4, 0.5) is 0 Å². The van der Waals surface area contributed by atoms with Crippen LogP contribution < -0.4 is 14.8 Å². The van der Waals surface area contributed by atoms with Crippen LogP contribution in [-0.2, 0) is 11.3 Å². The summed E-state index contributed by atoms with van der Waals surface area (Å²) in [5.41, 5.74) is 0.948. The maximum absolute atomic E-state index is 12.1. The Bertz CT molecular complexity index is 720. The fourth-order valence-corrected chi connectivity index (χ4v) is 2.50. The van der Waals surface area contributed by atoms with E-state index in [1.165, 1.54) is 12.1 Å². The van der Waals surface area contributed by atoms with E-state index in [9.17, 15) is 4.79 Å². The van der Waals surface area contributed by atoms with Gasteiger partial charge in [0.2, 0.25) is 0 Å². The second-order valence-electron chi connectivity index (χ2n) is 5.02. The molecule has 0 saturated heterocycles. The largest absolute Gasteiger partial charge is 0.497 e. The highest BCUT2D eigenvalue weighted by Crippen LogP contribution is 2.34. The zero-order valence-electron chi connectivity index (χ0n) is 13.1. The molecule has 0 heterocycles. The number of hydrogen-bond donors (Lipinski definition) is 1. The van der Waals surface area contributed by atoms with Crippen molar-refractivity contribution in [2.45, 2.75) is 19.6 Å². The molecule has 0 aliphatic heterocycles. The molecule has 0 saturated carbocycles. The first kappa shape index (κ1) is 18.7. The molecule has 0 aromatic heterocycles. The highest BCUT2D eigenvalue weighted by Gasteiger charge is 2.17. The molecule has 4 nitrogen and oxygen atoms in total. The van der Waals surface area contributed by atoms with Gasteiger partial charge in [-0.1, -0.05) is 46.9 Å². The van der Waals surface area contributed by atoms with Crippen molar-refractivity contribution in [3.8, 4) is 11.5 Å². The first-order valence-electron chi connectivity index (χ1n) is 7.12. The maximum atomic E-state index is 12.1. The Labute approximate surface area is 155 Å². The molecule has 0 aliphatic rings. The van der Waals surface area contributed by atoms with Crippen molar-refractivity contribution >= 4 is 40.7 Å². The quantitative estimate of drug-likeness (QED) is 0.727. The molecule has 2 rings (SSSR count). The standard InChI is InChI=1S/C17H16Cl3NO3/c1-10(24-16-8-14(19)13(18)7-15(16)20)17(22)21-9-11-3-5-12(23-2)6-4-11/h3-8,10H,9H2,1-2H3,(H,21,22). The minimum absolute atomic E-state index is 0.270. The van der Waals surface area contributed by atoms with Crippen LogP contribution in [-0.4, -0.2) is 19.1 Å². The lowest BCUT2D eigenvalue weighted by molar-refractivity contribution is -0.127. The number of halogens is 3. The predicted octanol–water partition coefficient (Wildman–Crippen LogP) is 4.74. The monoisotopic (exact) mass is 387 g/mol. The van der Waals surface area contributed by atoms with Gasteiger partial charge < -0.3 is 14.8 Å². The molecule has 0 spiro atoms. The van der Waals surface area contributed by atoms with Gasteiger partial charge in [-0.15, -0.1) is 0 Å². The summed E-state index contributed by atoms with van der Waals surface area (Å²) in [4.78, 5) is 12.1. The van der Waals surface area contributed by atoms with Gasteiger partial charge in [0.1, 0.15) is 11.5 Å². The molecule has 1 unspecified atom stereocenters. The van der Waals surface area contributed by atoms with E-state index in [1.807, 2.05) is 24.3 Å². The highest BCUT2D eigenvalue weighted by molar-refractivity contribution is 6.43. The van der Waals surface area contributed by atoms with Gasteiger partial charge in [-0.25, -0.2) is 0 Å². The van der Waals surface area contributed by atoms with Gasteiger partial charge in [0.05, 0.1) is 22.2 Å². The van der Waals surface area contributed by atoms with E-state index in [0.29, 0.717) is 27.4 Å². The predicted molar refractivity (Wildman–Crippen MR) is 96.4 cm³/mol. The van der Waals surface area contributed by atoms with E-state index >= 15 is 0 Å². The third-order valence-electron chi connectivity index (χ3n) is 3.27. The van der Waals surface area contributed by atoms with Crippen molar-refractivity contribution in [3.63, 3.8) is 0 Å². The number of ether oxygens (including phenoxy) is 2. The normalized spacial score (nSPS) is 11.7. The summed E-state index contributed by atoms with van der Waals surface area (Å²) in [6, 6.07) is 10.4. The molecule has 1 atom stereocenters. The van der Waals surface area contributed by atoms with E-state index < -0.39 is 6.10 Å². The first-order valence-corrected chi connectivity index (χ1v) is 8.26. The number of rotatable bonds is 6. The fraction of sp³-hybridized carbons (Fsp3) is 0.235. The number of nitrogens with one attached hydrogen (secondary N) is 1. The number of methoxy groups -OCH3 is 1. The molecule has 0 radical (unpaired) electrons. The van der Waals surface area contributed by atoms with Crippen molar-refractivity contribution in [1.82, 2.24) is 5.32 Å². The topological polar surface area (TPSA) is 47.6 Å². The second kappa shape index (κ2) is 8.47. The van der Waals surface area contributed by atoms with Gasteiger partial charge in [0, 0.05) is 12.6 Å². The molecule has 128 valence electrons. The van der Waals surface area contributed by atoms with Crippen LogP contribution in [0.25, 0.3) is 0 Å². The van der Waals surface area contributed by atoms with E-state index in [-0.39, 0.29) is 5.91 Å². The van der Waals surface area contributed by atoms with Gasteiger partial charge >= 0.3 is 0 Å². The average Bonchev–Trinajstić information content (AvgIpc) is 2.57. The molecule has 7 heteroatoms. The van der Waals surface area contributed by atoms with Crippen LogP contribution >= 0.6 is 34.8 Å². The van der Waals surface area contributed by atoms with Gasteiger partial charge in [-0.3, -0.25) is 4.79 Å². The Morgan fingerprint density at radius 1 is 1.08 bits per heavy atom. The summed E-state index contributed by atoms with van der Waals surface area (Å²) in [5.74, 6) is 0.794. The Hall–Kier alpha value is -1.62. The zero-order valence-corrected chi connectivity index (χ0v) is 15.4. The molecule has 0 aliphatic carbocycles. The van der Waals surface area contributed by atoms with Crippen LogP contribution in [0.2, 0.25) is 15.1 Å². The zero-order chi connectivity index (χ0) is 17.7. The molecule has 0 fully saturated rings. The van der Waals surface area contributed by atoms with Gasteiger partial charge in [0.15, 0.2) is 6.10 Å². The third kappa shape index (κ3) is 4.94. The first-order chi connectivity index (χ1) is 11.4. The van der Waals surface area contributed by atoms with Crippen LogP contribution in [0.15, 0.2) is 36.4 Å². The number of carbonyl (C=O) groups excluding carboxylic acids is 1. The van der Waals surface area contributed by atoms with E-state index in [2.05, 4.69) is 5.32 Å². The minimum atomic E-state index is -0.738. The summed E-state index contributed by atoms with van der Waals surface area (Å²) in [7, 11) is 1.60. The van der Waals surface area contributed by atoms with E-state index in [4.69, 9.17) is 44.3 Å². The molecular formula is C17H16Cl3NO3. The molecule has 1 N–H and O–H groups in total. The molecule has 1 amide bonds. The Morgan fingerprint density at radius 3 is 2.33 bits per heavy atom. The number of hydrogen-bond acceptors (Lipinski definition) is 3. The SMILES string of the molecule is COc1ccc(CNC(=O)C(C)Oc2cc(Cl)c(Cl)cc2Cl)cc1. The smallest absolute Gasteiger partial charge is 0.261 e. The molecule has 24 heavy (non-hydrogen) atoms. The molecule has 2 aromatic carbocycles. The van der Waals surface area contributed by atoms with Crippen LogP contribution in [0.1, 0.15) is 12.5 Å². The van der Waals surface area contributed by atoms with E-state index in [1.54, 1.807) is 14.0 Å². The fourth-order valence-electron chi connectivity index (χ4n) is 1.91. The van der Waals surface area contributed by atoms with E-state index in [0.717, 1.165) is 11.3 Å². The summed E-state index contributed by atoms with van der Waals surface area (Å²) < 4.78 is 10.6. The summed E-state index contributed by atoms with van der Waals surface area (Å²) in [6.45, 7) is 2.01. The lowest BCUT2D eigenvalue weighted by atomic mass is 10.2. The molecule has 2 aromatic rings.